The molecule has 4 nitrogen and oxygen atoms in total. The van der Waals surface area contributed by atoms with Crippen LogP contribution in [0.1, 0.15) is 24.1 Å². The molecule has 3 rings (SSSR count). The monoisotopic (exact) mass is 330 g/mol. The lowest BCUT2D eigenvalue weighted by molar-refractivity contribution is 0.508. The van der Waals surface area contributed by atoms with Crippen LogP contribution in [0.25, 0.3) is 0 Å². The minimum atomic E-state index is -0.302. The molecular weight excluding hydrogens is 319 g/mol. The summed E-state index contributed by atoms with van der Waals surface area (Å²) in [5.74, 6) is 6.27. The summed E-state index contributed by atoms with van der Waals surface area (Å²) in [5, 5.41) is 9.51. The van der Waals surface area contributed by atoms with Gasteiger partial charge in [-0.05, 0) is 25.0 Å². The zero-order valence-electron chi connectivity index (χ0n) is 11.6. The number of hydrogen-bond donors (Lipinski definition) is 0. The van der Waals surface area contributed by atoms with Gasteiger partial charge in [-0.2, -0.15) is 5.26 Å². The van der Waals surface area contributed by atoms with Gasteiger partial charge in [-0.3, -0.25) is 0 Å². The Morgan fingerprint density at radius 1 is 1.36 bits per heavy atom. The molecule has 0 amide bonds. The molecule has 0 radical (unpaired) electrons. The van der Waals surface area contributed by atoms with Crippen molar-refractivity contribution in [1.29, 1.82) is 5.26 Å². The Balaban J connectivity index is 1.83. The molecule has 6 heteroatoms. The molecule has 0 aromatic carbocycles. The van der Waals surface area contributed by atoms with Crippen LogP contribution in [0.4, 0.5) is 0 Å². The average Bonchev–Trinajstić information content (AvgIpc) is 3.11. The van der Waals surface area contributed by atoms with Crippen molar-refractivity contribution in [3.63, 3.8) is 0 Å². The number of nitriles is 1. The normalized spacial score (nSPS) is 16.2. The molecule has 1 saturated carbocycles. The summed E-state index contributed by atoms with van der Waals surface area (Å²) < 4.78 is 1.79. The largest absolute Gasteiger partial charge is 0.321 e. The van der Waals surface area contributed by atoms with Gasteiger partial charge in [0.05, 0.1) is 23.3 Å². The topological polar surface area (TPSA) is 54.5 Å². The van der Waals surface area contributed by atoms with Crippen molar-refractivity contribution in [3.8, 4) is 17.9 Å². The van der Waals surface area contributed by atoms with E-state index in [0.29, 0.717) is 17.4 Å². The fourth-order valence-corrected chi connectivity index (χ4v) is 2.51. The summed E-state index contributed by atoms with van der Waals surface area (Å²) in [6, 6.07) is 5.65. The zero-order valence-corrected chi connectivity index (χ0v) is 13.1. The van der Waals surface area contributed by atoms with Crippen LogP contribution in [-0.4, -0.2) is 19.4 Å². The molecule has 0 N–H and O–H groups in total. The lowest BCUT2D eigenvalue weighted by Gasteiger charge is -2.16. The third kappa shape index (κ3) is 3.25. The van der Waals surface area contributed by atoms with Crippen LogP contribution in [0.15, 0.2) is 30.9 Å². The first-order valence-electron chi connectivity index (χ1n) is 6.83. The predicted octanol–water partition coefficient (Wildman–Crippen LogP) is 3.24. The van der Waals surface area contributed by atoms with Gasteiger partial charge < -0.3 is 4.57 Å². The highest BCUT2D eigenvalue weighted by Gasteiger charge is 2.47. The van der Waals surface area contributed by atoms with Gasteiger partial charge in [-0.1, -0.05) is 23.4 Å². The van der Waals surface area contributed by atoms with Gasteiger partial charge in [0.1, 0.15) is 16.9 Å². The van der Waals surface area contributed by atoms with Gasteiger partial charge >= 0.3 is 0 Å². The summed E-state index contributed by atoms with van der Waals surface area (Å²) in [7, 11) is 0. The summed E-state index contributed by atoms with van der Waals surface area (Å²) in [4.78, 5) is 7.71. The minimum Gasteiger partial charge on any atom is -0.321 e. The maximum atomic E-state index is 9.07. The highest BCUT2D eigenvalue weighted by molar-refractivity contribution is 6.29. The molecule has 0 saturated heterocycles. The van der Waals surface area contributed by atoms with Crippen molar-refractivity contribution in [3.05, 3.63) is 47.3 Å². The van der Waals surface area contributed by atoms with Gasteiger partial charge in [0.15, 0.2) is 0 Å². The number of halogens is 2. The number of nitrogens with zero attached hydrogens (tertiary/aromatic N) is 4. The highest BCUT2D eigenvalue weighted by atomic mass is 35.5. The molecule has 0 spiro atoms. The van der Waals surface area contributed by atoms with E-state index in [2.05, 4.69) is 27.9 Å². The van der Waals surface area contributed by atoms with E-state index in [-0.39, 0.29) is 10.8 Å². The smallest absolute Gasteiger partial charge is 0.139 e. The molecule has 1 unspecified atom stereocenters. The van der Waals surface area contributed by atoms with E-state index in [4.69, 9.17) is 28.5 Å². The van der Waals surface area contributed by atoms with E-state index >= 15 is 0 Å². The fraction of sp³-hybridized carbons (Fsp3) is 0.312. The van der Waals surface area contributed by atoms with Gasteiger partial charge in [-0.15, -0.1) is 11.6 Å². The summed E-state index contributed by atoms with van der Waals surface area (Å²) in [6.45, 7) is 0.556. The van der Waals surface area contributed by atoms with Crippen LogP contribution in [0.2, 0.25) is 5.15 Å². The summed E-state index contributed by atoms with van der Waals surface area (Å²) in [5.41, 5.74) is 1.31. The standard InChI is InChI=1S/C16H12Cl2N4/c17-15-4-2-12(8-21-15)1-3-13(16(18)5-6-16)10-22-11-20-9-14(22)7-19/h2,4,8-9,11,13H,5-6,10H2. The van der Waals surface area contributed by atoms with Gasteiger partial charge in [0.2, 0.25) is 0 Å². The summed E-state index contributed by atoms with van der Waals surface area (Å²) >= 11 is 12.3. The van der Waals surface area contributed by atoms with Crippen molar-refractivity contribution >= 4 is 23.2 Å². The molecule has 22 heavy (non-hydrogen) atoms. The van der Waals surface area contributed by atoms with E-state index in [1.165, 1.54) is 0 Å². The van der Waals surface area contributed by atoms with Crippen molar-refractivity contribution in [2.45, 2.75) is 24.3 Å². The maximum Gasteiger partial charge on any atom is 0.139 e. The highest BCUT2D eigenvalue weighted by Crippen LogP contribution is 2.49. The molecule has 1 atom stereocenters. The molecule has 0 bridgehead atoms. The first-order valence-corrected chi connectivity index (χ1v) is 7.58. The van der Waals surface area contributed by atoms with E-state index in [9.17, 15) is 0 Å². The average molecular weight is 331 g/mol. The SMILES string of the molecule is N#Cc1cncn1CC(C#Cc1ccc(Cl)nc1)C1(Cl)CC1. The van der Waals surface area contributed by atoms with Crippen LogP contribution in [0, 0.1) is 29.1 Å². The second-order valence-corrected chi connectivity index (χ2v) is 6.41. The van der Waals surface area contributed by atoms with Crippen LogP contribution >= 0.6 is 23.2 Å². The van der Waals surface area contributed by atoms with Crippen LogP contribution in [0.5, 0.6) is 0 Å². The van der Waals surface area contributed by atoms with E-state index in [1.54, 1.807) is 29.4 Å². The Kier molecular flexibility index (Phi) is 4.07. The number of pyridine rings is 1. The molecule has 1 aliphatic rings. The maximum absolute atomic E-state index is 9.07. The third-order valence-corrected chi connectivity index (χ3v) is 4.54. The molecule has 110 valence electrons. The third-order valence-electron chi connectivity index (χ3n) is 3.68. The van der Waals surface area contributed by atoms with Gasteiger partial charge in [0, 0.05) is 18.3 Å². The lowest BCUT2D eigenvalue weighted by atomic mass is 10.0. The first kappa shape index (κ1) is 14.9. The van der Waals surface area contributed by atoms with Crippen LogP contribution < -0.4 is 0 Å². The van der Waals surface area contributed by atoms with Crippen molar-refractivity contribution in [1.82, 2.24) is 14.5 Å². The number of imidazole rings is 1. The van der Waals surface area contributed by atoms with Crippen LogP contribution in [-0.2, 0) is 6.54 Å². The molecule has 0 aliphatic heterocycles. The van der Waals surface area contributed by atoms with E-state index in [0.717, 1.165) is 18.4 Å². The predicted molar refractivity (Wildman–Crippen MR) is 84.4 cm³/mol. The molecule has 2 aromatic heterocycles. The second-order valence-electron chi connectivity index (χ2n) is 5.27. The Morgan fingerprint density at radius 3 is 2.82 bits per heavy atom. The number of rotatable bonds is 3. The minimum absolute atomic E-state index is 0.0499. The number of aromatic nitrogens is 3. The quantitative estimate of drug-likeness (QED) is 0.493. The first-order chi connectivity index (χ1) is 10.6. The Labute approximate surface area is 138 Å². The van der Waals surface area contributed by atoms with Crippen molar-refractivity contribution in [2.75, 3.05) is 0 Å². The van der Waals surface area contributed by atoms with E-state index in [1.807, 2.05) is 6.07 Å². The van der Waals surface area contributed by atoms with Gasteiger partial charge in [0.25, 0.3) is 0 Å². The number of hydrogen-bond acceptors (Lipinski definition) is 3. The summed E-state index contributed by atoms with van der Waals surface area (Å²) in [6.07, 6.45) is 6.69. The number of alkyl halides is 1. The zero-order chi connectivity index (χ0) is 15.6. The second kappa shape index (κ2) is 6.01. The molecule has 2 heterocycles. The van der Waals surface area contributed by atoms with Gasteiger partial charge in [-0.25, -0.2) is 9.97 Å². The Hall–Kier alpha value is -2.01. The molecule has 1 fully saturated rings. The van der Waals surface area contributed by atoms with E-state index < -0.39 is 0 Å². The lowest BCUT2D eigenvalue weighted by Crippen LogP contribution is -2.21. The van der Waals surface area contributed by atoms with Crippen LogP contribution in [0.3, 0.4) is 0 Å². The molecule has 1 aliphatic carbocycles. The Morgan fingerprint density at radius 2 is 2.18 bits per heavy atom. The molecular formula is C16H12Cl2N4. The van der Waals surface area contributed by atoms with Crippen molar-refractivity contribution in [2.24, 2.45) is 5.92 Å². The Bertz CT molecular complexity index is 773. The molecule has 2 aromatic rings. The fourth-order valence-electron chi connectivity index (χ4n) is 2.18. The van der Waals surface area contributed by atoms with Crippen molar-refractivity contribution < 1.29 is 0 Å².